The van der Waals surface area contributed by atoms with Crippen LogP contribution in [0.5, 0.6) is 0 Å². The molecule has 0 radical (unpaired) electrons. The van der Waals surface area contributed by atoms with Gasteiger partial charge in [0, 0.05) is 53.3 Å². The third kappa shape index (κ3) is 4.33. The van der Waals surface area contributed by atoms with Crippen LogP contribution in [0.1, 0.15) is 29.4 Å². The molecular weight excluding hydrogens is 420 g/mol. The zero-order valence-electron chi connectivity index (χ0n) is 17.3. The van der Waals surface area contributed by atoms with Crippen LogP contribution in [-0.2, 0) is 11.2 Å². The summed E-state index contributed by atoms with van der Waals surface area (Å²) in [5, 5.41) is 12.2. The highest BCUT2D eigenvalue weighted by Gasteiger charge is 2.19. The summed E-state index contributed by atoms with van der Waals surface area (Å²) >= 11 is 1.58. The molecular formula is C25H22N4O2S. The van der Waals surface area contributed by atoms with E-state index in [4.69, 9.17) is 4.52 Å². The summed E-state index contributed by atoms with van der Waals surface area (Å²) in [6.07, 6.45) is 2.74. The number of carbonyl (C=O) groups excluding carboxylic acids is 1. The quantitative estimate of drug-likeness (QED) is 0.348. The number of H-pyrrole nitrogens is 1. The molecule has 0 aliphatic heterocycles. The minimum absolute atomic E-state index is 0.0407. The SMILES string of the molecule is O=C(CCc1nc(-c2ccsc2)no1)NCC(c1ccccc1)c1c[nH]c2ccccc12. The summed E-state index contributed by atoms with van der Waals surface area (Å²) in [6, 6.07) is 20.4. The number of amides is 1. The number of para-hydroxylation sites is 1. The predicted molar refractivity (Wildman–Crippen MR) is 126 cm³/mol. The lowest BCUT2D eigenvalue weighted by molar-refractivity contribution is -0.121. The molecule has 0 bridgehead atoms. The molecule has 5 rings (SSSR count). The van der Waals surface area contributed by atoms with Crippen LogP contribution in [0.2, 0.25) is 0 Å². The molecule has 0 saturated heterocycles. The topological polar surface area (TPSA) is 83.8 Å². The fraction of sp³-hybridized carbons (Fsp3) is 0.160. The molecule has 1 unspecified atom stereocenters. The lowest BCUT2D eigenvalue weighted by Gasteiger charge is -2.18. The van der Waals surface area contributed by atoms with E-state index in [0.29, 0.717) is 31.1 Å². The molecule has 0 aliphatic rings. The standard InChI is InChI=1S/C25H22N4O2S/c30-23(10-11-24-28-25(29-31-24)18-12-13-32-16-18)27-14-20(17-6-2-1-3-7-17)21-15-26-22-9-5-4-8-19(21)22/h1-9,12-13,15-16,20,26H,10-11,14H2,(H,27,30). The first kappa shape index (κ1) is 20.2. The Bertz CT molecular complexity index is 1310. The summed E-state index contributed by atoms with van der Waals surface area (Å²) in [5.41, 5.74) is 4.35. The van der Waals surface area contributed by atoms with Gasteiger partial charge in [-0.2, -0.15) is 16.3 Å². The Morgan fingerprint density at radius 3 is 2.78 bits per heavy atom. The highest BCUT2D eigenvalue weighted by Crippen LogP contribution is 2.30. The van der Waals surface area contributed by atoms with Gasteiger partial charge in [0.1, 0.15) is 0 Å². The van der Waals surface area contributed by atoms with E-state index < -0.39 is 0 Å². The van der Waals surface area contributed by atoms with Crippen molar-refractivity contribution >= 4 is 28.1 Å². The monoisotopic (exact) mass is 442 g/mol. The maximum Gasteiger partial charge on any atom is 0.227 e. The smallest absolute Gasteiger partial charge is 0.227 e. The Balaban J connectivity index is 1.26. The van der Waals surface area contributed by atoms with Gasteiger partial charge in [-0.05, 0) is 28.6 Å². The van der Waals surface area contributed by atoms with Gasteiger partial charge in [-0.15, -0.1) is 0 Å². The van der Waals surface area contributed by atoms with Gasteiger partial charge >= 0.3 is 0 Å². The molecule has 0 aliphatic carbocycles. The summed E-state index contributed by atoms with van der Waals surface area (Å²) < 4.78 is 5.30. The van der Waals surface area contributed by atoms with Crippen LogP contribution in [0.3, 0.4) is 0 Å². The van der Waals surface area contributed by atoms with Crippen LogP contribution < -0.4 is 5.32 Å². The molecule has 3 heterocycles. The number of aryl methyl sites for hydroxylation is 1. The largest absolute Gasteiger partial charge is 0.361 e. The van der Waals surface area contributed by atoms with Crippen molar-refractivity contribution in [2.75, 3.05) is 6.54 Å². The fourth-order valence-corrected chi connectivity index (χ4v) is 4.50. The van der Waals surface area contributed by atoms with E-state index in [1.807, 2.05) is 53.4 Å². The number of aromatic amines is 1. The minimum atomic E-state index is -0.0407. The normalized spacial score (nSPS) is 12.1. The molecule has 7 heteroatoms. The zero-order chi connectivity index (χ0) is 21.8. The van der Waals surface area contributed by atoms with Gasteiger partial charge in [-0.1, -0.05) is 53.7 Å². The number of aromatic nitrogens is 3. The predicted octanol–water partition coefficient (Wildman–Crippen LogP) is 5.16. The van der Waals surface area contributed by atoms with Crippen molar-refractivity contribution in [1.29, 1.82) is 0 Å². The van der Waals surface area contributed by atoms with E-state index in [-0.39, 0.29) is 11.8 Å². The minimum Gasteiger partial charge on any atom is -0.361 e. The highest BCUT2D eigenvalue weighted by atomic mass is 32.1. The van der Waals surface area contributed by atoms with Crippen molar-refractivity contribution in [1.82, 2.24) is 20.4 Å². The molecule has 5 aromatic rings. The van der Waals surface area contributed by atoms with Gasteiger partial charge in [0.15, 0.2) is 0 Å². The molecule has 0 saturated carbocycles. The summed E-state index contributed by atoms with van der Waals surface area (Å²) in [4.78, 5) is 20.3. The van der Waals surface area contributed by atoms with Gasteiger partial charge in [-0.25, -0.2) is 0 Å². The second-order valence-electron chi connectivity index (χ2n) is 7.58. The van der Waals surface area contributed by atoms with Crippen LogP contribution >= 0.6 is 11.3 Å². The van der Waals surface area contributed by atoms with Crippen molar-refractivity contribution in [3.63, 3.8) is 0 Å². The number of fused-ring (bicyclic) bond motifs is 1. The highest BCUT2D eigenvalue weighted by molar-refractivity contribution is 7.08. The first-order chi connectivity index (χ1) is 15.8. The Labute approximate surface area is 189 Å². The van der Waals surface area contributed by atoms with Gasteiger partial charge in [0.05, 0.1) is 0 Å². The summed E-state index contributed by atoms with van der Waals surface area (Å²) in [7, 11) is 0. The van der Waals surface area contributed by atoms with Crippen LogP contribution in [0.25, 0.3) is 22.3 Å². The number of benzene rings is 2. The average molecular weight is 443 g/mol. The lowest BCUT2D eigenvalue weighted by atomic mass is 9.91. The first-order valence-corrected chi connectivity index (χ1v) is 11.4. The van der Waals surface area contributed by atoms with Crippen LogP contribution in [-0.4, -0.2) is 27.6 Å². The zero-order valence-corrected chi connectivity index (χ0v) is 18.1. The van der Waals surface area contributed by atoms with E-state index in [0.717, 1.165) is 16.6 Å². The van der Waals surface area contributed by atoms with Crippen molar-refractivity contribution in [3.05, 3.63) is 94.6 Å². The van der Waals surface area contributed by atoms with Gasteiger partial charge in [-0.3, -0.25) is 4.79 Å². The number of nitrogens with zero attached hydrogens (tertiary/aromatic N) is 2. The molecule has 160 valence electrons. The number of hydrogen-bond acceptors (Lipinski definition) is 5. The third-order valence-electron chi connectivity index (χ3n) is 5.52. The molecule has 32 heavy (non-hydrogen) atoms. The van der Waals surface area contributed by atoms with E-state index >= 15 is 0 Å². The van der Waals surface area contributed by atoms with Crippen LogP contribution in [0.4, 0.5) is 0 Å². The fourth-order valence-electron chi connectivity index (χ4n) is 3.87. The molecule has 6 nitrogen and oxygen atoms in total. The van der Waals surface area contributed by atoms with Crippen LogP contribution in [0, 0.1) is 0 Å². The van der Waals surface area contributed by atoms with Crippen molar-refractivity contribution in [2.24, 2.45) is 0 Å². The van der Waals surface area contributed by atoms with Crippen molar-refractivity contribution < 1.29 is 9.32 Å². The Morgan fingerprint density at radius 2 is 1.94 bits per heavy atom. The second kappa shape index (κ2) is 9.20. The Morgan fingerprint density at radius 1 is 1.09 bits per heavy atom. The average Bonchev–Trinajstić information content (AvgIpc) is 3.59. The molecule has 3 aromatic heterocycles. The van der Waals surface area contributed by atoms with Gasteiger partial charge in [0.2, 0.25) is 17.6 Å². The van der Waals surface area contributed by atoms with Crippen molar-refractivity contribution in [2.45, 2.75) is 18.8 Å². The molecule has 1 atom stereocenters. The molecule has 1 amide bonds. The molecule has 0 spiro atoms. The van der Waals surface area contributed by atoms with E-state index in [2.05, 4.69) is 44.7 Å². The van der Waals surface area contributed by atoms with Crippen molar-refractivity contribution in [3.8, 4) is 11.4 Å². The van der Waals surface area contributed by atoms with Crippen LogP contribution in [0.15, 0.2) is 82.1 Å². The maximum absolute atomic E-state index is 12.6. The van der Waals surface area contributed by atoms with E-state index in [1.165, 1.54) is 10.9 Å². The molecule has 0 fully saturated rings. The van der Waals surface area contributed by atoms with E-state index in [1.54, 1.807) is 11.3 Å². The number of nitrogens with one attached hydrogen (secondary N) is 2. The Hall–Kier alpha value is -3.71. The summed E-state index contributed by atoms with van der Waals surface area (Å²) in [5.74, 6) is 1.04. The Kier molecular flexibility index (Phi) is 5.81. The second-order valence-corrected chi connectivity index (χ2v) is 8.36. The number of thiophene rings is 1. The van der Waals surface area contributed by atoms with Gasteiger partial charge < -0.3 is 14.8 Å². The van der Waals surface area contributed by atoms with E-state index in [9.17, 15) is 4.79 Å². The number of carbonyl (C=O) groups is 1. The first-order valence-electron chi connectivity index (χ1n) is 10.5. The van der Waals surface area contributed by atoms with Gasteiger partial charge in [0.25, 0.3) is 0 Å². The molecule has 2 N–H and O–H groups in total. The number of hydrogen-bond donors (Lipinski definition) is 2. The summed E-state index contributed by atoms with van der Waals surface area (Å²) in [6.45, 7) is 0.509. The molecule has 2 aromatic carbocycles. The maximum atomic E-state index is 12.6. The number of rotatable bonds is 8. The third-order valence-corrected chi connectivity index (χ3v) is 6.20. The lowest BCUT2D eigenvalue weighted by Crippen LogP contribution is -2.29.